The minimum Gasteiger partial charge on any atom is -0.491 e. The number of aliphatic hydroxyl groups is 1. The summed E-state index contributed by atoms with van der Waals surface area (Å²) in [7, 11) is 0. The van der Waals surface area contributed by atoms with E-state index in [0.717, 1.165) is 11.1 Å². The van der Waals surface area contributed by atoms with Crippen LogP contribution in [0.1, 0.15) is 38.8 Å². The Labute approximate surface area is 199 Å². The molecule has 0 spiro atoms. The molecule has 0 saturated carbocycles. The van der Waals surface area contributed by atoms with E-state index in [9.17, 15) is 14.7 Å². The Bertz CT molecular complexity index is 894. The Balaban J connectivity index is 2.00. The summed E-state index contributed by atoms with van der Waals surface area (Å²) in [6.07, 6.45) is -1.39. The van der Waals surface area contributed by atoms with E-state index in [1.165, 1.54) is 13.8 Å². The van der Waals surface area contributed by atoms with Gasteiger partial charge in [-0.15, -0.1) is 11.6 Å². The number of halogens is 1. The molecule has 2 unspecified atom stereocenters. The van der Waals surface area contributed by atoms with Gasteiger partial charge in [-0.3, -0.25) is 9.59 Å². The van der Waals surface area contributed by atoms with Crippen LogP contribution in [0.15, 0.2) is 48.5 Å². The summed E-state index contributed by atoms with van der Waals surface area (Å²) in [5.41, 5.74) is 1.90. The van der Waals surface area contributed by atoms with Crippen molar-refractivity contribution in [1.29, 1.82) is 0 Å². The maximum Gasteiger partial charge on any atom is 0.303 e. The number of hydrogen-bond donors (Lipinski definition) is 1. The van der Waals surface area contributed by atoms with Crippen LogP contribution in [0.3, 0.4) is 0 Å². The number of esters is 2. The van der Waals surface area contributed by atoms with Gasteiger partial charge in [0.05, 0.1) is 5.88 Å². The lowest BCUT2D eigenvalue weighted by Crippen LogP contribution is -2.29. The summed E-state index contributed by atoms with van der Waals surface area (Å²) >= 11 is 5.59. The van der Waals surface area contributed by atoms with Crippen LogP contribution >= 0.6 is 11.6 Å². The second-order valence-electron chi connectivity index (χ2n) is 8.14. The molecule has 2 aromatic carbocycles. The number of alkyl halides is 1. The van der Waals surface area contributed by atoms with Crippen molar-refractivity contribution in [2.75, 3.05) is 25.7 Å². The molecule has 2 rings (SSSR count). The van der Waals surface area contributed by atoms with E-state index < -0.39 is 24.1 Å². The monoisotopic (exact) mass is 478 g/mol. The highest BCUT2D eigenvalue weighted by Crippen LogP contribution is 2.33. The van der Waals surface area contributed by atoms with Gasteiger partial charge >= 0.3 is 11.9 Å². The third kappa shape index (κ3) is 8.59. The van der Waals surface area contributed by atoms with Gasteiger partial charge in [-0.1, -0.05) is 38.1 Å². The normalized spacial score (nSPS) is 13.0. The van der Waals surface area contributed by atoms with Crippen molar-refractivity contribution in [3.63, 3.8) is 0 Å². The number of ether oxygens (including phenoxy) is 4. The zero-order valence-electron chi connectivity index (χ0n) is 19.4. The minimum absolute atomic E-state index is 0.0649. The molecule has 0 fully saturated rings. The first-order valence-electron chi connectivity index (χ1n) is 10.6. The predicted octanol–water partition coefficient (Wildman–Crippen LogP) is 3.86. The average molecular weight is 479 g/mol. The number of benzene rings is 2. The highest BCUT2D eigenvalue weighted by atomic mass is 35.5. The van der Waals surface area contributed by atoms with E-state index in [4.69, 9.17) is 30.5 Å². The largest absolute Gasteiger partial charge is 0.491 e. The van der Waals surface area contributed by atoms with Gasteiger partial charge in [-0.2, -0.15) is 0 Å². The van der Waals surface area contributed by atoms with Crippen molar-refractivity contribution < 1.29 is 33.6 Å². The maximum absolute atomic E-state index is 11.3. The summed E-state index contributed by atoms with van der Waals surface area (Å²) in [5, 5.41) is 9.52. The zero-order chi connectivity index (χ0) is 24.4. The molecule has 7 nitrogen and oxygen atoms in total. The van der Waals surface area contributed by atoms with E-state index in [1.807, 2.05) is 48.5 Å². The van der Waals surface area contributed by atoms with E-state index in [2.05, 4.69) is 13.8 Å². The van der Waals surface area contributed by atoms with Gasteiger partial charge in [-0.05, 0) is 35.4 Å². The van der Waals surface area contributed by atoms with E-state index in [1.54, 1.807) is 0 Å². The first-order chi connectivity index (χ1) is 15.6. The summed E-state index contributed by atoms with van der Waals surface area (Å²) in [5.74, 6) is 0.474. The molecule has 8 heteroatoms. The van der Waals surface area contributed by atoms with Crippen LogP contribution in [0.2, 0.25) is 0 Å². The molecule has 1 N–H and O–H groups in total. The second-order valence-corrected chi connectivity index (χ2v) is 8.45. The number of carbonyl (C=O) groups excluding carboxylic acids is 2. The van der Waals surface area contributed by atoms with Crippen LogP contribution in [-0.4, -0.2) is 55.0 Å². The molecule has 180 valence electrons. The molecule has 0 aliphatic rings. The second kappa shape index (κ2) is 12.5. The molecule has 0 aliphatic heterocycles. The molecule has 0 heterocycles. The molecule has 0 aromatic heterocycles. The molecular weight excluding hydrogens is 448 g/mol. The van der Waals surface area contributed by atoms with Gasteiger partial charge in [0.15, 0.2) is 6.10 Å². The van der Waals surface area contributed by atoms with Crippen LogP contribution in [0.4, 0.5) is 0 Å². The molecule has 0 saturated heterocycles. The highest BCUT2D eigenvalue weighted by molar-refractivity contribution is 6.18. The first-order valence-corrected chi connectivity index (χ1v) is 11.2. The van der Waals surface area contributed by atoms with Crippen LogP contribution in [0.25, 0.3) is 0 Å². The van der Waals surface area contributed by atoms with Crippen molar-refractivity contribution in [3.8, 4) is 11.5 Å². The molecule has 0 radical (unpaired) electrons. The van der Waals surface area contributed by atoms with E-state index >= 15 is 0 Å². The lowest BCUT2D eigenvalue weighted by atomic mass is 9.78. The Kier molecular flexibility index (Phi) is 10.0. The quantitative estimate of drug-likeness (QED) is 0.366. The summed E-state index contributed by atoms with van der Waals surface area (Å²) in [6, 6.07) is 15.4. The van der Waals surface area contributed by atoms with E-state index in [0.29, 0.717) is 11.5 Å². The molecule has 33 heavy (non-hydrogen) atoms. The number of carbonyl (C=O) groups is 2. The van der Waals surface area contributed by atoms with E-state index in [-0.39, 0.29) is 31.1 Å². The fourth-order valence-electron chi connectivity index (χ4n) is 3.09. The van der Waals surface area contributed by atoms with Gasteiger partial charge in [0.1, 0.15) is 37.4 Å². The maximum atomic E-state index is 11.3. The number of hydrogen-bond acceptors (Lipinski definition) is 7. The third-order valence-corrected chi connectivity index (χ3v) is 5.37. The minimum atomic E-state index is -0.700. The lowest BCUT2D eigenvalue weighted by molar-refractivity contribution is -0.158. The molecular formula is C25H31ClO7. The van der Waals surface area contributed by atoms with Gasteiger partial charge < -0.3 is 24.1 Å². The lowest BCUT2D eigenvalue weighted by Gasteiger charge is -2.26. The van der Waals surface area contributed by atoms with Crippen molar-refractivity contribution in [1.82, 2.24) is 0 Å². The van der Waals surface area contributed by atoms with Crippen LogP contribution in [-0.2, 0) is 24.5 Å². The standard InChI is InChI=1S/C25H31ClO7/c1-17(27)30-15-24(33-18(2)28)16-32-23-11-7-20(8-12-23)25(3,4)19-5-9-22(10-6-19)31-14-21(29)13-26/h5-12,21,24,29H,13-16H2,1-4H3. The SMILES string of the molecule is CC(=O)OCC(COc1ccc(C(C)(C)c2ccc(OCC(O)CCl)cc2)cc1)OC(C)=O. The molecule has 2 aromatic rings. The van der Waals surface area contributed by atoms with Crippen molar-refractivity contribution >= 4 is 23.5 Å². The molecule has 2 atom stereocenters. The average Bonchev–Trinajstić information content (AvgIpc) is 2.79. The topological polar surface area (TPSA) is 91.3 Å². The number of rotatable bonds is 12. The predicted molar refractivity (Wildman–Crippen MR) is 125 cm³/mol. The van der Waals surface area contributed by atoms with Gasteiger partial charge in [0.2, 0.25) is 0 Å². The van der Waals surface area contributed by atoms with Crippen molar-refractivity contribution in [2.45, 2.75) is 45.3 Å². The fourth-order valence-corrected chi connectivity index (χ4v) is 3.18. The zero-order valence-corrected chi connectivity index (χ0v) is 20.1. The van der Waals surface area contributed by atoms with Crippen molar-refractivity contribution in [2.24, 2.45) is 0 Å². The Morgan fingerprint density at radius 2 is 1.33 bits per heavy atom. The molecule has 0 amide bonds. The summed E-state index contributed by atoms with van der Waals surface area (Å²) in [6.45, 7) is 6.96. The summed E-state index contributed by atoms with van der Waals surface area (Å²) < 4.78 is 21.3. The Morgan fingerprint density at radius 1 is 0.848 bits per heavy atom. The Hall–Kier alpha value is -2.77. The smallest absolute Gasteiger partial charge is 0.303 e. The molecule has 0 bridgehead atoms. The van der Waals surface area contributed by atoms with Crippen LogP contribution in [0, 0.1) is 0 Å². The number of aliphatic hydroxyl groups excluding tert-OH is 1. The first kappa shape index (κ1) is 26.5. The third-order valence-electron chi connectivity index (χ3n) is 5.01. The Morgan fingerprint density at radius 3 is 1.76 bits per heavy atom. The highest BCUT2D eigenvalue weighted by Gasteiger charge is 2.23. The fraction of sp³-hybridized carbons (Fsp3) is 0.440. The summed E-state index contributed by atoms with van der Waals surface area (Å²) in [4.78, 5) is 22.3. The van der Waals surface area contributed by atoms with Crippen LogP contribution < -0.4 is 9.47 Å². The van der Waals surface area contributed by atoms with Crippen molar-refractivity contribution in [3.05, 3.63) is 59.7 Å². The molecule has 0 aliphatic carbocycles. The van der Waals surface area contributed by atoms with Gasteiger partial charge in [-0.25, -0.2) is 0 Å². The van der Waals surface area contributed by atoms with Gasteiger partial charge in [0, 0.05) is 19.3 Å². The van der Waals surface area contributed by atoms with Gasteiger partial charge in [0.25, 0.3) is 0 Å². The van der Waals surface area contributed by atoms with Crippen LogP contribution in [0.5, 0.6) is 11.5 Å².